The molecule has 5 nitrogen and oxygen atoms in total. The lowest BCUT2D eigenvalue weighted by molar-refractivity contribution is -0.140. The van der Waals surface area contributed by atoms with Crippen LogP contribution in [0.15, 0.2) is 12.1 Å². The fourth-order valence-electron chi connectivity index (χ4n) is 1.50. The number of hydrogen-bond acceptors (Lipinski definition) is 3. The molecule has 0 bridgehead atoms. The van der Waals surface area contributed by atoms with Crippen LogP contribution in [0.4, 0.5) is 4.79 Å². The first-order valence-corrected chi connectivity index (χ1v) is 6.99. The molecule has 1 aromatic rings. The Kier molecular flexibility index (Phi) is 5.62. The topological polar surface area (TPSA) is 69.6 Å². The maximum Gasteiger partial charge on any atom is 0.326 e. The van der Waals surface area contributed by atoms with Gasteiger partial charge in [-0.3, -0.25) is 0 Å². The maximum atomic E-state index is 11.9. The van der Waals surface area contributed by atoms with Gasteiger partial charge in [-0.05, 0) is 18.1 Å². The zero-order valence-electron chi connectivity index (χ0n) is 11.0. The van der Waals surface area contributed by atoms with Crippen LogP contribution in [0.25, 0.3) is 0 Å². The number of nitrogens with one attached hydrogen (secondary N) is 1. The number of carboxylic acid groups (broad SMARTS) is 1. The van der Waals surface area contributed by atoms with Crippen molar-refractivity contribution in [3.8, 4) is 0 Å². The number of nitrogens with zero attached hydrogens (tertiary/aromatic N) is 1. The summed E-state index contributed by atoms with van der Waals surface area (Å²) in [5, 5.41) is 11.5. The highest BCUT2D eigenvalue weighted by Gasteiger charge is 2.24. The number of carbonyl (C=O) groups is 2. The van der Waals surface area contributed by atoms with E-state index in [0.717, 1.165) is 4.88 Å². The summed E-state index contributed by atoms with van der Waals surface area (Å²) in [7, 11) is 1.61. The lowest BCUT2D eigenvalue weighted by atomic mass is 10.1. The highest BCUT2D eigenvalue weighted by molar-refractivity contribution is 7.16. The summed E-state index contributed by atoms with van der Waals surface area (Å²) in [5.74, 6) is -1.21. The number of carboxylic acids is 1. The zero-order chi connectivity index (χ0) is 14.6. The van der Waals surface area contributed by atoms with Crippen LogP contribution >= 0.6 is 22.9 Å². The molecule has 1 rings (SSSR count). The van der Waals surface area contributed by atoms with E-state index < -0.39 is 18.0 Å². The van der Waals surface area contributed by atoms with Crippen LogP contribution in [-0.2, 0) is 11.3 Å². The first-order chi connectivity index (χ1) is 8.81. The number of hydrogen-bond donors (Lipinski definition) is 2. The van der Waals surface area contributed by atoms with Crippen molar-refractivity contribution in [2.45, 2.75) is 26.4 Å². The third-order valence-electron chi connectivity index (χ3n) is 2.58. The van der Waals surface area contributed by atoms with Gasteiger partial charge >= 0.3 is 12.0 Å². The van der Waals surface area contributed by atoms with Crippen LogP contribution in [0.3, 0.4) is 0 Å². The predicted molar refractivity (Wildman–Crippen MR) is 75.6 cm³/mol. The van der Waals surface area contributed by atoms with Crippen LogP contribution in [0.2, 0.25) is 4.34 Å². The number of amides is 2. The Morgan fingerprint density at radius 1 is 1.47 bits per heavy atom. The van der Waals surface area contributed by atoms with E-state index in [1.807, 2.05) is 6.07 Å². The molecule has 106 valence electrons. The number of urea groups is 1. The molecule has 0 radical (unpaired) electrons. The second kappa shape index (κ2) is 6.77. The van der Waals surface area contributed by atoms with Gasteiger partial charge in [-0.25, -0.2) is 9.59 Å². The van der Waals surface area contributed by atoms with Crippen molar-refractivity contribution in [2.24, 2.45) is 5.92 Å². The molecule has 0 aliphatic heterocycles. The van der Waals surface area contributed by atoms with E-state index in [4.69, 9.17) is 16.7 Å². The third kappa shape index (κ3) is 4.72. The van der Waals surface area contributed by atoms with E-state index in [0.29, 0.717) is 10.9 Å². The van der Waals surface area contributed by atoms with Crippen LogP contribution in [0, 0.1) is 5.92 Å². The lowest BCUT2D eigenvalue weighted by Gasteiger charge is -2.22. The van der Waals surface area contributed by atoms with Gasteiger partial charge in [0.15, 0.2) is 0 Å². The van der Waals surface area contributed by atoms with Gasteiger partial charge in [-0.1, -0.05) is 25.4 Å². The third-order valence-corrected chi connectivity index (χ3v) is 3.80. The first-order valence-electron chi connectivity index (χ1n) is 5.80. The second-order valence-electron chi connectivity index (χ2n) is 4.57. The van der Waals surface area contributed by atoms with Gasteiger partial charge in [0.25, 0.3) is 0 Å². The highest BCUT2D eigenvalue weighted by Crippen LogP contribution is 2.22. The van der Waals surface area contributed by atoms with Crippen molar-refractivity contribution < 1.29 is 14.7 Å². The molecule has 2 amide bonds. The highest BCUT2D eigenvalue weighted by atomic mass is 35.5. The van der Waals surface area contributed by atoms with E-state index in [1.165, 1.54) is 16.2 Å². The number of rotatable bonds is 5. The number of thiophene rings is 1. The molecule has 1 heterocycles. The molecule has 0 aromatic carbocycles. The molecule has 1 aromatic heterocycles. The van der Waals surface area contributed by atoms with Gasteiger partial charge in [0.1, 0.15) is 6.04 Å². The van der Waals surface area contributed by atoms with E-state index >= 15 is 0 Å². The van der Waals surface area contributed by atoms with Crippen LogP contribution in [0.1, 0.15) is 18.7 Å². The molecule has 0 aliphatic rings. The average molecular weight is 305 g/mol. The van der Waals surface area contributed by atoms with Crippen molar-refractivity contribution in [2.75, 3.05) is 7.05 Å². The summed E-state index contributed by atoms with van der Waals surface area (Å²) < 4.78 is 0.661. The standard InChI is InChI=1S/C12H17ClN2O3S/c1-7(2)10(11(16)17)14-12(18)15(3)6-8-4-5-9(13)19-8/h4-5,7,10H,6H2,1-3H3,(H,14,18)(H,16,17)/t10-/m0/s1. The van der Waals surface area contributed by atoms with Gasteiger partial charge in [-0.2, -0.15) is 0 Å². The van der Waals surface area contributed by atoms with E-state index in [-0.39, 0.29) is 5.92 Å². The van der Waals surface area contributed by atoms with E-state index in [9.17, 15) is 9.59 Å². The SMILES string of the molecule is CC(C)[C@H](NC(=O)N(C)Cc1ccc(Cl)s1)C(=O)O. The zero-order valence-corrected chi connectivity index (χ0v) is 12.6. The largest absolute Gasteiger partial charge is 0.480 e. The molecule has 19 heavy (non-hydrogen) atoms. The van der Waals surface area contributed by atoms with Crippen LogP contribution in [0.5, 0.6) is 0 Å². The number of aliphatic carboxylic acids is 1. The summed E-state index contributed by atoms with van der Waals surface area (Å²) in [6, 6.07) is 2.31. The Labute approximate surface area is 121 Å². The minimum atomic E-state index is -1.03. The van der Waals surface area contributed by atoms with Gasteiger partial charge in [0.05, 0.1) is 10.9 Å². The average Bonchev–Trinajstić information content (AvgIpc) is 2.70. The molecule has 1 atom stereocenters. The Bertz CT molecular complexity index is 462. The Morgan fingerprint density at radius 3 is 2.53 bits per heavy atom. The Hall–Kier alpha value is -1.27. The van der Waals surface area contributed by atoms with Crippen LogP contribution < -0.4 is 5.32 Å². The minimum absolute atomic E-state index is 0.175. The molecule has 0 spiro atoms. The van der Waals surface area contributed by atoms with Crippen molar-refractivity contribution >= 4 is 34.9 Å². The Balaban J connectivity index is 2.59. The lowest BCUT2D eigenvalue weighted by Crippen LogP contribution is -2.48. The molecule has 0 aliphatic carbocycles. The van der Waals surface area contributed by atoms with Crippen molar-refractivity contribution in [1.82, 2.24) is 10.2 Å². The summed E-state index contributed by atoms with van der Waals surface area (Å²) >= 11 is 7.21. The van der Waals surface area contributed by atoms with Crippen LogP contribution in [-0.4, -0.2) is 35.1 Å². The van der Waals surface area contributed by atoms with Gasteiger partial charge in [0.2, 0.25) is 0 Å². The smallest absolute Gasteiger partial charge is 0.326 e. The fraction of sp³-hybridized carbons (Fsp3) is 0.500. The predicted octanol–water partition coefficient (Wildman–Crippen LogP) is 2.65. The number of halogens is 1. The molecule has 7 heteroatoms. The van der Waals surface area contributed by atoms with Crippen molar-refractivity contribution in [3.05, 3.63) is 21.3 Å². The summed E-state index contributed by atoms with van der Waals surface area (Å²) in [4.78, 5) is 25.3. The molecular formula is C12H17ClN2O3S. The number of carbonyl (C=O) groups excluding carboxylic acids is 1. The minimum Gasteiger partial charge on any atom is -0.480 e. The normalized spacial score (nSPS) is 12.3. The fourth-order valence-corrected chi connectivity index (χ4v) is 2.64. The summed E-state index contributed by atoms with van der Waals surface area (Å²) in [6.45, 7) is 3.89. The molecule has 0 saturated heterocycles. The summed E-state index contributed by atoms with van der Waals surface area (Å²) in [6.07, 6.45) is 0. The Morgan fingerprint density at radius 2 is 2.11 bits per heavy atom. The van der Waals surface area contributed by atoms with Crippen molar-refractivity contribution in [3.63, 3.8) is 0 Å². The maximum absolute atomic E-state index is 11.9. The quantitative estimate of drug-likeness (QED) is 0.878. The van der Waals surface area contributed by atoms with Gasteiger partial charge in [-0.15, -0.1) is 11.3 Å². The monoisotopic (exact) mass is 304 g/mol. The molecular weight excluding hydrogens is 288 g/mol. The first kappa shape index (κ1) is 15.8. The summed E-state index contributed by atoms with van der Waals surface area (Å²) in [5.41, 5.74) is 0. The van der Waals surface area contributed by atoms with E-state index in [1.54, 1.807) is 27.0 Å². The van der Waals surface area contributed by atoms with E-state index in [2.05, 4.69) is 5.32 Å². The molecule has 0 fully saturated rings. The molecule has 0 unspecified atom stereocenters. The van der Waals surface area contributed by atoms with Gasteiger partial charge < -0.3 is 15.3 Å². The van der Waals surface area contributed by atoms with Crippen molar-refractivity contribution in [1.29, 1.82) is 0 Å². The molecule has 0 saturated carbocycles. The second-order valence-corrected chi connectivity index (χ2v) is 6.37. The molecule has 2 N–H and O–H groups in total. The van der Waals surface area contributed by atoms with Gasteiger partial charge in [0, 0.05) is 11.9 Å².